The molecule has 0 unspecified atom stereocenters. The first-order chi connectivity index (χ1) is 6.10. The highest BCUT2D eigenvalue weighted by atomic mass is 16.6. The molecule has 0 rings (SSSR count). The maximum atomic E-state index is 10.9. The minimum Gasteiger partial charge on any atom is -0.463 e. The highest BCUT2D eigenvalue weighted by Gasteiger charge is 2.37. The average molecular weight is 188 g/mol. The average Bonchev–Trinajstić information content (AvgIpc) is 2.17. The minimum absolute atomic E-state index is 0.0966. The molecule has 0 atom stereocenters. The normalized spacial score (nSPS) is 10.6. The number of unbranched alkanes of at least 4 members (excludes halogenated alkanes) is 1. The molecule has 0 saturated carbocycles. The largest absolute Gasteiger partial charge is 0.463 e. The third-order valence-electron chi connectivity index (χ3n) is 1.42. The Labute approximate surface area is 75.7 Å². The van der Waals surface area contributed by atoms with Gasteiger partial charge in [-0.3, -0.25) is 9.59 Å². The Kier molecular flexibility index (Phi) is 4.91. The molecule has 0 spiro atoms. The SMILES string of the molecule is CCCCOC(=O)C(O)(C=O)C=O. The summed E-state index contributed by atoms with van der Waals surface area (Å²) in [5.74, 6) is -1.22. The van der Waals surface area contributed by atoms with Crippen molar-refractivity contribution >= 4 is 18.5 Å². The van der Waals surface area contributed by atoms with Crippen LogP contribution in [0, 0.1) is 0 Å². The summed E-state index contributed by atoms with van der Waals surface area (Å²) in [6.45, 7) is 1.98. The van der Waals surface area contributed by atoms with Gasteiger partial charge in [-0.15, -0.1) is 0 Å². The zero-order valence-electron chi connectivity index (χ0n) is 7.36. The van der Waals surface area contributed by atoms with E-state index in [-0.39, 0.29) is 19.2 Å². The summed E-state index contributed by atoms with van der Waals surface area (Å²) in [6.07, 6.45) is 1.15. The van der Waals surface area contributed by atoms with Gasteiger partial charge in [0.25, 0.3) is 5.60 Å². The lowest BCUT2D eigenvalue weighted by atomic mass is 10.1. The molecule has 1 N–H and O–H groups in total. The summed E-state index contributed by atoms with van der Waals surface area (Å²) < 4.78 is 4.48. The van der Waals surface area contributed by atoms with E-state index in [1.54, 1.807) is 0 Å². The lowest BCUT2D eigenvalue weighted by Crippen LogP contribution is -2.43. The molecule has 0 aromatic heterocycles. The van der Waals surface area contributed by atoms with Gasteiger partial charge < -0.3 is 9.84 Å². The van der Waals surface area contributed by atoms with Crippen LogP contribution in [0.15, 0.2) is 0 Å². The fourth-order valence-electron chi connectivity index (χ4n) is 0.549. The Morgan fingerprint density at radius 2 is 2.00 bits per heavy atom. The van der Waals surface area contributed by atoms with Gasteiger partial charge in [-0.2, -0.15) is 0 Å². The maximum Gasteiger partial charge on any atom is 0.353 e. The maximum absolute atomic E-state index is 10.9. The van der Waals surface area contributed by atoms with Crippen LogP contribution in [0.25, 0.3) is 0 Å². The van der Waals surface area contributed by atoms with E-state index in [4.69, 9.17) is 5.11 Å². The molecule has 0 aromatic carbocycles. The summed E-state index contributed by atoms with van der Waals surface area (Å²) in [7, 11) is 0. The first-order valence-electron chi connectivity index (χ1n) is 3.93. The predicted molar refractivity (Wildman–Crippen MR) is 42.9 cm³/mol. The predicted octanol–water partition coefficient (Wildman–Crippen LogP) is -0.541. The fourth-order valence-corrected chi connectivity index (χ4v) is 0.549. The number of esters is 1. The van der Waals surface area contributed by atoms with E-state index in [0.29, 0.717) is 6.42 Å². The lowest BCUT2D eigenvalue weighted by molar-refractivity contribution is -0.167. The fraction of sp³-hybridized carbons (Fsp3) is 0.625. The van der Waals surface area contributed by atoms with Gasteiger partial charge in [-0.1, -0.05) is 13.3 Å². The molecule has 0 aliphatic carbocycles. The van der Waals surface area contributed by atoms with Gasteiger partial charge in [-0.25, -0.2) is 4.79 Å². The van der Waals surface area contributed by atoms with Crippen LogP contribution in [0.5, 0.6) is 0 Å². The number of hydrogen-bond acceptors (Lipinski definition) is 5. The first-order valence-corrected chi connectivity index (χ1v) is 3.93. The van der Waals surface area contributed by atoms with Crippen LogP contribution in [-0.4, -0.2) is 35.9 Å². The molecular formula is C8H12O5. The number of rotatable bonds is 6. The molecule has 0 bridgehead atoms. The van der Waals surface area contributed by atoms with Gasteiger partial charge in [-0.05, 0) is 6.42 Å². The second-order valence-electron chi connectivity index (χ2n) is 2.55. The molecule has 0 heterocycles. The van der Waals surface area contributed by atoms with Crippen molar-refractivity contribution in [2.75, 3.05) is 6.61 Å². The topological polar surface area (TPSA) is 80.7 Å². The first kappa shape index (κ1) is 11.8. The smallest absolute Gasteiger partial charge is 0.353 e. The standard InChI is InChI=1S/C8H12O5/c1-2-3-4-13-7(11)8(12,5-9)6-10/h5-6,12H,2-4H2,1H3. The van der Waals surface area contributed by atoms with Crippen molar-refractivity contribution in [2.45, 2.75) is 25.4 Å². The Balaban J connectivity index is 4.07. The molecule has 5 nitrogen and oxygen atoms in total. The summed E-state index contributed by atoms with van der Waals surface area (Å²) >= 11 is 0. The van der Waals surface area contributed by atoms with E-state index >= 15 is 0 Å². The molecule has 0 aliphatic rings. The number of ether oxygens (including phenoxy) is 1. The quantitative estimate of drug-likeness (QED) is 0.262. The third-order valence-corrected chi connectivity index (χ3v) is 1.42. The van der Waals surface area contributed by atoms with E-state index in [2.05, 4.69) is 4.74 Å². The Hall–Kier alpha value is -1.23. The second kappa shape index (κ2) is 5.42. The molecule has 0 saturated heterocycles. The highest BCUT2D eigenvalue weighted by Crippen LogP contribution is 2.01. The molecule has 0 radical (unpaired) electrons. The van der Waals surface area contributed by atoms with E-state index in [0.717, 1.165) is 6.42 Å². The molecule has 13 heavy (non-hydrogen) atoms. The van der Waals surface area contributed by atoms with Crippen molar-refractivity contribution < 1.29 is 24.2 Å². The Bertz CT molecular complexity index is 191. The second-order valence-corrected chi connectivity index (χ2v) is 2.55. The van der Waals surface area contributed by atoms with Crippen LogP contribution in [0.2, 0.25) is 0 Å². The minimum atomic E-state index is -2.63. The Morgan fingerprint density at radius 3 is 2.38 bits per heavy atom. The van der Waals surface area contributed by atoms with Crippen LogP contribution in [-0.2, 0) is 19.1 Å². The van der Waals surface area contributed by atoms with Crippen molar-refractivity contribution in [1.29, 1.82) is 0 Å². The van der Waals surface area contributed by atoms with E-state index in [9.17, 15) is 14.4 Å². The van der Waals surface area contributed by atoms with Gasteiger partial charge >= 0.3 is 5.97 Å². The Morgan fingerprint density at radius 1 is 1.46 bits per heavy atom. The zero-order valence-corrected chi connectivity index (χ0v) is 7.36. The van der Waals surface area contributed by atoms with Crippen molar-refractivity contribution in [1.82, 2.24) is 0 Å². The number of hydrogen-bond donors (Lipinski definition) is 1. The molecule has 0 aromatic rings. The summed E-state index contributed by atoms with van der Waals surface area (Å²) in [5, 5.41) is 8.99. The molecular weight excluding hydrogens is 176 g/mol. The number of carbonyl (C=O) groups is 3. The van der Waals surface area contributed by atoms with Gasteiger partial charge in [0.05, 0.1) is 6.61 Å². The van der Waals surface area contributed by atoms with E-state index in [1.165, 1.54) is 0 Å². The van der Waals surface area contributed by atoms with Crippen molar-refractivity contribution in [3.8, 4) is 0 Å². The molecule has 0 fully saturated rings. The summed E-state index contributed by atoms with van der Waals surface area (Å²) in [6, 6.07) is 0. The number of carbonyl (C=O) groups excluding carboxylic acids is 3. The van der Waals surface area contributed by atoms with Gasteiger partial charge in [0.1, 0.15) is 0 Å². The van der Waals surface area contributed by atoms with Crippen molar-refractivity contribution in [2.24, 2.45) is 0 Å². The van der Waals surface area contributed by atoms with Gasteiger partial charge in [0.2, 0.25) is 0 Å². The van der Waals surface area contributed by atoms with E-state index < -0.39 is 11.6 Å². The number of aliphatic hydroxyl groups is 1. The van der Waals surface area contributed by atoms with Crippen LogP contribution >= 0.6 is 0 Å². The number of aldehydes is 2. The van der Waals surface area contributed by atoms with Crippen molar-refractivity contribution in [3.63, 3.8) is 0 Å². The van der Waals surface area contributed by atoms with E-state index in [1.807, 2.05) is 6.92 Å². The molecule has 0 aliphatic heterocycles. The van der Waals surface area contributed by atoms with Crippen LogP contribution in [0.1, 0.15) is 19.8 Å². The lowest BCUT2D eigenvalue weighted by Gasteiger charge is -2.12. The summed E-state index contributed by atoms with van der Waals surface area (Å²) in [5.41, 5.74) is -2.63. The van der Waals surface area contributed by atoms with Crippen LogP contribution in [0.4, 0.5) is 0 Å². The molecule has 74 valence electrons. The van der Waals surface area contributed by atoms with Crippen molar-refractivity contribution in [3.05, 3.63) is 0 Å². The highest BCUT2D eigenvalue weighted by molar-refractivity contribution is 6.11. The third kappa shape index (κ3) is 3.33. The van der Waals surface area contributed by atoms with Gasteiger partial charge in [0.15, 0.2) is 12.6 Å². The van der Waals surface area contributed by atoms with Crippen LogP contribution < -0.4 is 0 Å². The monoisotopic (exact) mass is 188 g/mol. The van der Waals surface area contributed by atoms with Crippen LogP contribution in [0.3, 0.4) is 0 Å². The van der Waals surface area contributed by atoms with Gasteiger partial charge in [0, 0.05) is 0 Å². The molecule has 0 amide bonds. The summed E-state index contributed by atoms with van der Waals surface area (Å²) in [4.78, 5) is 31.2. The zero-order chi connectivity index (χ0) is 10.3. The molecule has 5 heteroatoms.